The van der Waals surface area contributed by atoms with E-state index in [0.717, 1.165) is 37.7 Å². The van der Waals surface area contributed by atoms with Crippen LogP contribution in [0.15, 0.2) is 30.3 Å². The van der Waals surface area contributed by atoms with E-state index < -0.39 is 5.97 Å². The van der Waals surface area contributed by atoms with E-state index in [1.807, 2.05) is 12.1 Å². The number of nitrogens with zero attached hydrogens (tertiary/aromatic N) is 1. The lowest BCUT2D eigenvalue weighted by atomic mass is 9.32. The van der Waals surface area contributed by atoms with E-state index in [9.17, 15) is 19.9 Å². The minimum Gasteiger partial charge on any atom is -0.478 e. The quantitative estimate of drug-likeness (QED) is 0.204. The number of carbonyl (C=O) groups excluding carboxylic acids is 1. The van der Waals surface area contributed by atoms with Crippen LogP contribution in [0, 0.1) is 62.6 Å². The van der Waals surface area contributed by atoms with Crippen molar-refractivity contribution in [2.24, 2.45) is 62.6 Å². The molecule has 6 heteroatoms. The molecule has 0 bridgehead atoms. The average Bonchev–Trinajstić information content (AvgIpc) is 3.38. The van der Waals surface area contributed by atoms with E-state index >= 15 is 0 Å². The zero-order chi connectivity index (χ0) is 34.4. The van der Waals surface area contributed by atoms with Crippen molar-refractivity contribution in [1.29, 1.82) is 0 Å². The molecule has 9 atom stereocenters. The molecule has 6 nitrogen and oxygen atoms in total. The molecule has 1 aromatic rings. The molecule has 5 aliphatic rings. The van der Waals surface area contributed by atoms with E-state index in [2.05, 4.69) is 59.9 Å². The highest BCUT2D eigenvalue weighted by Crippen LogP contribution is 2.77. The molecule has 0 heterocycles. The lowest BCUT2D eigenvalue weighted by Gasteiger charge is -2.72. The van der Waals surface area contributed by atoms with Gasteiger partial charge in [0, 0.05) is 0 Å². The Morgan fingerprint density at radius 1 is 0.894 bits per heavy atom. The Balaban J connectivity index is 1.32. The van der Waals surface area contributed by atoms with Crippen molar-refractivity contribution in [2.45, 2.75) is 106 Å². The lowest BCUT2D eigenvalue weighted by Crippen LogP contribution is -2.66. The number of carboxylic acids is 1. The molecular weight excluding hydrogens is 584 g/mol. The number of carbonyl (C=O) groups is 2. The van der Waals surface area contributed by atoms with E-state index in [4.69, 9.17) is 0 Å². The number of rotatable bonds is 7. The predicted molar refractivity (Wildman–Crippen MR) is 188 cm³/mol. The number of carboxylic acid groups (broad SMARTS) is 1. The fourth-order valence-electron chi connectivity index (χ4n) is 13.3. The number of hydrogen-bond donors (Lipinski definition) is 3. The highest BCUT2D eigenvalue weighted by Gasteiger charge is 2.71. The Morgan fingerprint density at radius 3 is 2.19 bits per heavy atom. The van der Waals surface area contributed by atoms with Gasteiger partial charge in [-0.15, -0.1) is 0 Å². The van der Waals surface area contributed by atoms with Gasteiger partial charge in [-0.1, -0.05) is 66.7 Å². The predicted octanol–water partition coefficient (Wildman–Crippen LogP) is 8.70. The molecular formula is C41H63N2O4+. The van der Waals surface area contributed by atoms with Crippen molar-refractivity contribution in [3.63, 3.8) is 0 Å². The van der Waals surface area contributed by atoms with Crippen LogP contribution in [-0.4, -0.2) is 54.0 Å². The van der Waals surface area contributed by atoms with Crippen LogP contribution in [0.2, 0.25) is 0 Å². The highest BCUT2D eigenvalue weighted by molar-refractivity contribution is 5.88. The summed E-state index contributed by atoms with van der Waals surface area (Å²) in [6.07, 6.45) is 12.8. The number of amides is 1. The Bertz CT molecular complexity index is 1420. The molecule has 0 aliphatic heterocycles. The molecule has 47 heavy (non-hydrogen) atoms. The second-order valence-electron chi connectivity index (χ2n) is 18.8. The monoisotopic (exact) mass is 647 g/mol. The molecule has 1 amide bonds. The summed E-state index contributed by atoms with van der Waals surface area (Å²) in [4.78, 5) is 25.8. The van der Waals surface area contributed by atoms with Gasteiger partial charge < -0.3 is 10.4 Å². The molecule has 0 saturated heterocycles. The van der Waals surface area contributed by atoms with Crippen LogP contribution >= 0.6 is 0 Å². The third-order valence-corrected chi connectivity index (χ3v) is 15.8. The minimum absolute atomic E-state index is 0.00727. The highest BCUT2D eigenvalue weighted by atomic mass is 16.5. The number of fused-ring (bicyclic) bond motifs is 7. The van der Waals surface area contributed by atoms with Crippen LogP contribution in [0.5, 0.6) is 0 Å². The smallest absolute Gasteiger partial charge is 0.335 e. The van der Waals surface area contributed by atoms with Gasteiger partial charge in [-0.25, -0.2) is 10.0 Å². The van der Waals surface area contributed by atoms with Gasteiger partial charge in [0.25, 0.3) is 0 Å². The number of hydroxylamine groups is 3. The first-order chi connectivity index (χ1) is 21.8. The van der Waals surface area contributed by atoms with Gasteiger partial charge in [-0.2, -0.15) is 4.65 Å². The molecule has 0 radical (unpaired) electrons. The standard InChI is InChI=1S/C41H62N2O4/c1-26(2)29-16-21-41(36(46)42-24-25-43(8,9)47)23-22-39(6)31(34(29)41)14-15-33-38(5)19-17-30(27-10-12-28(13-11-27)35(44)45)37(3,4)32(38)18-20-40(33,39)7/h10-13,17,26,29,31-34,47H,14-16,18-25H2,1-9H3,(H-,42,44,45,46)/p+1/t29-,31+,32-,33+,34+,38-,39+,40+,41-/m0/s1. The van der Waals surface area contributed by atoms with Crippen molar-refractivity contribution >= 4 is 17.4 Å². The van der Waals surface area contributed by atoms with Crippen molar-refractivity contribution in [1.82, 2.24) is 5.32 Å². The van der Waals surface area contributed by atoms with E-state index in [0.29, 0.717) is 54.2 Å². The van der Waals surface area contributed by atoms with E-state index in [1.54, 1.807) is 26.2 Å². The summed E-state index contributed by atoms with van der Waals surface area (Å²) < 4.78 is -0.129. The minimum atomic E-state index is -0.875. The number of aromatic carboxylic acids is 1. The normalized spacial score (nSPS) is 40.8. The summed E-state index contributed by atoms with van der Waals surface area (Å²) >= 11 is 0. The van der Waals surface area contributed by atoms with Crippen LogP contribution in [0.25, 0.3) is 5.57 Å². The summed E-state index contributed by atoms with van der Waals surface area (Å²) in [5.74, 6) is 2.69. The number of quaternary nitrogens is 1. The zero-order valence-corrected chi connectivity index (χ0v) is 30.8. The Labute approximate surface area is 284 Å². The molecule has 4 fully saturated rings. The molecule has 5 aliphatic carbocycles. The molecule has 3 N–H and O–H groups in total. The fourth-order valence-corrected chi connectivity index (χ4v) is 13.3. The van der Waals surface area contributed by atoms with Gasteiger partial charge in [0.1, 0.15) is 6.54 Å². The molecule has 0 unspecified atom stereocenters. The van der Waals surface area contributed by atoms with Crippen molar-refractivity contribution in [3.05, 3.63) is 41.5 Å². The van der Waals surface area contributed by atoms with E-state index in [1.165, 1.54) is 31.3 Å². The largest absolute Gasteiger partial charge is 0.478 e. The van der Waals surface area contributed by atoms with Crippen LogP contribution in [-0.2, 0) is 4.79 Å². The summed E-state index contributed by atoms with van der Waals surface area (Å²) in [6, 6.07) is 7.54. The number of likely N-dealkylation sites (N-methyl/N-ethyl adjacent to an activating group) is 1. The zero-order valence-electron chi connectivity index (χ0n) is 30.8. The second-order valence-corrected chi connectivity index (χ2v) is 18.8. The Morgan fingerprint density at radius 2 is 1.57 bits per heavy atom. The third-order valence-electron chi connectivity index (χ3n) is 15.8. The van der Waals surface area contributed by atoms with Gasteiger partial charge in [0.15, 0.2) is 0 Å². The van der Waals surface area contributed by atoms with Gasteiger partial charge in [-0.05, 0) is 138 Å². The SMILES string of the molecule is CC(C)[C@@H]1CC[C@]2(C(=O)NCC[N+](C)(C)O)CC[C@]3(C)[C@H](CC[C@@H]4[C@@]5(C)CC=C(c6ccc(C(=O)O)cc6)C(C)(C)[C@@H]5CC[C@]43C)[C@@H]12. The first kappa shape index (κ1) is 34.7. The van der Waals surface area contributed by atoms with Crippen LogP contribution in [0.1, 0.15) is 122 Å². The summed E-state index contributed by atoms with van der Waals surface area (Å²) in [7, 11) is 3.53. The van der Waals surface area contributed by atoms with Crippen LogP contribution in [0.3, 0.4) is 0 Å². The Kier molecular flexibility index (Phi) is 8.44. The topological polar surface area (TPSA) is 86.6 Å². The molecule has 1 aromatic carbocycles. The average molecular weight is 648 g/mol. The molecule has 4 saturated carbocycles. The maximum Gasteiger partial charge on any atom is 0.335 e. The van der Waals surface area contributed by atoms with Crippen molar-refractivity contribution in [3.8, 4) is 0 Å². The van der Waals surface area contributed by atoms with E-state index in [-0.39, 0.29) is 37.6 Å². The molecule has 0 aromatic heterocycles. The maximum atomic E-state index is 14.3. The molecule has 0 spiro atoms. The Hall–Kier alpha value is -2.18. The summed E-state index contributed by atoms with van der Waals surface area (Å²) in [6.45, 7) is 18.6. The summed E-state index contributed by atoms with van der Waals surface area (Å²) in [5, 5.41) is 23.1. The first-order valence-corrected chi connectivity index (χ1v) is 18.7. The van der Waals surface area contributed by atoms with Crippen LogP contribution < -0.4 is 5.32 Å². The van der Waals surface area contributed by atoms with Gasteiger partial charge >= 0.3 is 5.97 Å². The fraction of sp³-hybridized carbons (Fsp3) is 0.756. The maximum absolute atomic E-state index is 14.3. The van der Waals surface area contributed by atoms with Gasteiger partial charge in [-0.3, -0.25) is 4.79 Å². The molecule has 260 valence electrons. The van der Waals surface area contributed by atoms with Gasteiger partial charge in [0.2, 0.25) is 5.91 Å². The number of benzene rings is 1. The van der Waals surface area contributed by atoms with Crippen molar-refractivity contribution in [2.75, 3.05) is 27.2 Å². The number of hydrogen-bond acceptors (Lipinski definition) is 3. The molecule has 6 rings (SSSR count). The van der Waals surface area contributed by atoms with Crippen LogP contribution in [0.4, 0.5) is 0 Å². The van der Waals surface area contributed by atoms with Crippen molar-refractivity contribution < 1.29 is 24.5 Å². The number of allylic oxidation sites excluding steroid dienone is 2. The summed E-state index contributed by atoms with van der Waals surface area (Å²) in [5.41, 5.74) is 3.21. The lowest BCUT2D eigenvalue weighted by molar-refractivity contribution is -1.07. The first-order valence-electron chi connectivity index (χ1n) is 18.7. The third kappa shape index (κ3) is 5.16. The second kappa shape index (κ2) is 11.4. The van der Waals surface area contributed by atoms with Gasteiger partial charge in [0.05, 0.1) is 31.6 Å². The number of nitrogens with one attached hydrogen (secondary N) is 1.